The first-order valence-electron chi connectivity index (χ1n) is 13.8. The molecule has 0 spiro atoms. The summed E-state index contributed by atoms with van der Waals surface area (Å²) in [5.74, 6) is 0.774. The van der Waals surface area contributed by atoms with Crippen LogP contribution in [0.2, 0.25) is 0 Å². The Bertz CT molecular complexity index is 891. The molecule has 0 heterocycles. The number of carbonyl (C=O) groups is 2. The molecular formula is C30H48O3. The molecule has 0 aromatic carbocycles. The van der Waals surface area contributed by atoms with E-state index in [0.29, 0.717) is 23.2 Å². The zero-order chi connectivity index (χ0) is 24.4. The van der Waals surface area contributed by atoms with Crippen molar-refractivity contribution in [2.45, 2.75) is 119 Å². The molecule has 5 saturated carbocycles. The summed E-state index contributed by atoms with van der Waals surface area (Å²) in [5, 5.41) is 11.9. The van der Waals surface area contributed by atoms with Crippen molar-refractivity contribution in [3.8, 4) is 0 Å². The molecule has 3 heteroatoms. The van der Waals surface area contributed by atoms with Gasteiger partial charge in [0, 0.05) is 11.8 Å². The van der Waals surface area contributed by atoms with Crippen LogP contribution in [0.25, 0.3) is 0 Å². The molecule has 5 aliphatic rings. The van der Waals surface area contributed by atoms with Gasteiger partial charge >= 0.3 is 0 Å². The summed E-state index contributed by atoms with van der Waals surface area (Å²) in [5.41, 5.74) is 0.319. The van der Waals surface area contributed by atoms with Crippen LogP contribution in [0, 0.1) is 56.2 Å². The average Bonchev–Trinajstić information content (AvgIpc) is 2.69. The third-order valence-electron chi connectivity index (χ3n) is 13.3. The molecule has 5 fully saturated rings. The molecule has 0 aromatic rings. The van der Waals surface area contributed by atoms with Gasteiger partial charge in [-0.1, -0.05) is 55.4 Å². The SMILES string of the molecule is C[C@H]1C(=O)CC(=O)[C@H]2[C@]1(C)C[C@@H](O)[C@H]1[C@@]2(C)CC[C@@]2(C)[C@@H]3CC(C)(C)CC[C@]3(C)CC[C@]12C. The summed E-state index contributed by atoms with van der Waals surface area (Å²) >= 11 is 0. The van der Waals surface area contributed by atoms with Crippen molar-refractivity contribution < 1.29 is 14.7 Å². The number of aliphatic hydroxyl groups is 1. The molecule has 1 N–H and O–H groups in total. The van der Waals surface area contributed by atoms with Crippen LogP contribution in [0.15, 0.2) is 0 Å². The monoisotopic (exact) mass is 456 g/mol. The van der Waals surface area contributed by atoms with Crippen molar-refractivity contribution >= 4 is 11.6 Å². The Morgan fingerprint density at radius 1 is 0.727 bits per heavy atom. The Labute approximate surface area is 201 Å². The van der Waals surface area contributed by atoms with Crippen LogP contribution in [0.1, 0.15) is 113 Å². The van der Waals surface area contributed by atoms with Gasteiger partial charge in [0.15, 0.2) is 0 Å². The van der Waals surface area contributed by atoms with E-state index in [2.05, 4.69) is 48.5 Å². The van der Waals surface area contributed by atoms with Crippen molar-refractivity contribution in [2.24, 2.45) is 56.2 Å². The molecule has 0 aromatic heterocycles. The van der Waals surface area contributed by atoms with Crippen molar-refractivity contribution in [2.75, 3.05) is 0 Å². The highest BCUT2D eigenvalue weighted by atomic mass is 16.3. The van der Waals surface area contributed by atoms with Crippen molar-refractivity contribution in [1.29, 1.82) is 0 Å². The standard InChI is InChI=1S/C30H48O3/c1-18-19(31)15-20(32)23-27(5)12-14-29(7)22-17-25(2,3)9-10-26(22,4)11-13-30(29,8)24(27)21(33)16-28(18,23)6/h18,21-24,33H,9-17H2,1-8H3/t18-,21+,22+,23+,24-,26+,27-,28+,29-,30+/m0/s1. The van der Waals surface area contributed by atoms with Gasteiger partial charge in [0.05, 0.1) is 12.5 Å². The second-order valence-corrected chi connectivity index (χ2v) is 15.4. The van der Waals surface area contributed by atoms with E-state index in [1.54, 1.807) is 0 Å². The van der Waals surface area contributed by atoms with Gasteiger partial charge in [-0.3, -0.25) is 9.59 Å². The number of ketones is 2. The molecule has 0 saturated heterocycles. The highest BCUT2D eigenvalue weighted by Crippen LogP contribution is 2.78. The Kier molecular flexibility index (Phi) is 4.90. The fourth-order valence-corrected chi connectivity index (χ4v) is 11.2. The summed E-state index contributed by atoms with van der Waals surface area (Å²) in [6, 6.07) is 0. The maximum absolute atomic E-state index is 13.6. The average molecular weight is 457 g/mol. The third kappa shape index (κ3) is 2.84. The lowest BCUT2D eigenvalue weighted by molar-refractivity contribution is -0.276. The molecule has 3 nitrogen and oxygen atoms in total. The molecular weight excluding hydrogens is 408 g/mol. The zero-order valence-electron chi connectivity index (χ0n) is 22.5. The Morgan fingerprint density at radius 2 is 1.33 bits per heavy atom. The lowest BCUT2D eigenvalue weighted by Crippen LogP contribution is -2.72. The van der Waals surface area contributed by atoms with Crippen molar-refractivity contribution in [1.82, 2.24) is 0 Å². The molecule has 0 bridgehead atoms. The fraction of sp³-hybridized carbons (Fsp3) is 0.933. The molecule has 10 atom stereocenters. The first kappa shape index (κ1) is 24.0. The number of rotatable bonds is 0. The van der Waals surface area contributed by atoms with Gasteiger partial charge in [-0.15, -0.1) is 0 Å². The summed E-state index contributed by atoms with van der Waals surface area (Å²) in [7, 11) is 0. The first-order chi connectivity index (χ1) is 15.0. The molecule has 33 heavy (non-hydrogen) atoms. The highest BCUT2D eigenvalue weighted by molar-refractivity contribution is 6.04. The van der Waals surface area contributed by atoms with E-state index in [1.165, 1.54) is 25.7 Å². The van der Waals surface area contributed by atoms with Gasteiger partial charge < -0.3 is 5.11 Å². The lowest BCUT2D eigenvalue weighted by Gasteiger charge is -2.75. The quantitative estimate of drug-likeness (QED) is 0.417. The second-order valence-electron chi connectivity index (χ2n) is 15.4. The predicted octanol–water partition coefficient (Wildman–Crippen LogP) is 6.61. The topological polar surface area (TPSA) is 54.4 Å². The number of fused-ring (bicyclic) bond motifs is 7. The molecule has 0 amide bonds. The minimum absolute atomic E-state index is 0.0172. The molecule has 5 rings (SSSR count). The minimum Gasteiger partial charge on any atom is -0.393 e. The smallest absolute Gasteiger partial charge is 0.144 e. The minimum atomic E-state index is -0.442. The van der Waals surface area contributed by atoms with E-state index in [9.17, 15) is 14.7 Å². The maximum atomic E-state index is 13.6. The Balaban J connectivity index is 1.61. The van der Waals surface area contributed by atoms with Crippen LogP contribution in [-0.4, -0.2) is 22.8 Å². The van der Waals surface area contributed by atoms with Gasteiger partial charge in [0.2, 0.25) is 0 Å². The van der Waals surface area contributed by atoms with Crippen LogP contribution in [0.3, 0.4) is 0 Å². The second kappa shape index (κ2) is 6.74. The first-order valence-corrected chi connectivity index (χ1v) is 13.8. The summed E-state index contributed by atoms with van der Waals surface area (Å²) in [6.07, 6.45) is 8.70. The fourth-order valence-electron chi connectivity index (χ4n) is 11.2. The van der Waals surface area contributed by atoms with Crippen LogP contribution in [0.5, 0.6) is 0 Å². The van der Waals surface area contributed by atoms with E-state index >= 15 is 0 Å². The summed E-state index contributed by atoms with van der Waals surface area (Å²) in [6.45, 7) is 19.0. The third-order valence-corrected chi connectivity index (χ3v) is 13.3. The van der Waals surface area contributed by atoms with Gasteiger partial charge in [0.25, 0.3) is 0 Å². The van der Waals surface area contributed by atoms with Gasteiger partial charge in [-0.2, -0.15) is 0 Å². The Hall–Kier alpha value is -0.700. The molecule has 186 valence electrons. The van der Waals surface area contributed by atoms with Crippen molar-refractivity contribution in [3.05, 3.63) is 0 Å². The van der Waals surface area contributed by atoms with Crippen LogP contribution < -0.4 is 0 Å². The van der Waals surface area contributed by atoms with E-state index in [-0.39, 0.29) is 52.0 Å². The van der Waals surface area contributed by atoms with E-state index in [1.807, 2.05) is 6.92 Å². The number of aliphatic hydroxyl groups excluding tert-OH is 1. The van der Waals surface area contributed by atoms with E-state index in [0.717, 1.165) is 19.3 Å². The maximum Gasteiger partial charge on any atom is 0.144 e. The molecule has 0 unspecified atom stereocenters. The highest BCUT2D eigenvalue weighted by Gasteiger charge is 2.74. The van der Waals surface area contributed by atoms with E-state index in [4.69, 9.17) is 0 Å². The van der Waals surface area contributed by atoms with Crippen LogP contribution in [-0.2, 0) is 9.59 Å². The lowest BCUT2D eigenvalue weighted by atomic mass is 9.29. The van der Waals surface area contributed by atoms with Crippen LogP contribution in [0.4, 0.5) is 0 Å². The van der Waals surface area contributed by atoms with Gasteiger partial charge in [-0.25, -0.2) is 0 Å². The molecule has 0 aliphatic heterocycles. The number of hydrogen-bond donors (Lipinski definition) is 1. The van der Waals surface area contributed by atoms with Gasteiger partial charge in [-0.05, 0) is 95.7 Å². The predicted molar refractivity (Wildman–Crippen MR) is 132 cm³/mol. The normalized spacial score (nSPS) is 58.0. The Morgan fingerprint density at radius 3 is 2.00 bits per heavy atom. The summed E-state index contributed by atoms with van der Waals surface area (Å²) < 4.78 is 0. The van der Waals surface area contributed by atoms with Gasteiger partial charge in [0.1, 0.15) is 11.6 Å². The number of hydrogen-bond acceptors (Lipinski definition) is 3. The van der Waals surface area contributed by atoms with Crippen LogP contribution >= 0.6 is 0 Å². The number of Topliss-reactive ketones (excluding diaryl/α,β-unsaturated/α-hetero) is 2. The van der Waals surface area contributed by atoms with Crippen molar-refractivity contribution in [3.63, 3.8) is 0 Å². The largest absolute Gasteiger partial charge is 0.393 e. The number of carbonyl (C=O) groups excluding carboxylic acids is 2. The summed E-state index contributed by atoms with van der Waals surface area (Å²) in [4.78, 5) is 26.3. The van der Waals surface area contributed by atoms with E-state index < -0.39 is 11.5 Å². The molecule has 0 radical (unpaired) electrons. The molecule has 5 aliphatic carbocycles. The zero-order valence-corrected chi connectivity index (χ0v) is 22.5.